The molecule has 0 unspecified atom stereocenters. The molecule has 4 aromatic rings. The lowest BCUT2D eigenvalue weighted by atomic mass is 9.49. The molecular formula is C48H52F2N8O5. The molecule has 0 spiro atoms. The Morgan fingerprint density at radius 1 is 0.905 bits per heavy atom. The maximum atomic E-state index is 15.8. The van der Waals surface area contributed by atoms with E-state index in [-0.39, 0.29) is 54.5 Å². The normalized spacial score (nSPS) is 23.5. The number of imide groups is 1. The summed E-state index contributed by atoms with van der Waals surface area (Å²) < 4.78 is 37.9. The number of piperidine rings is 2. The van der Waals surface area contributed by atoms with Gasteiger partial charge in [-0.15, -0.1) is 0 Å². The number of rotatable bonds is 9. The van der Waals surface area contributed by atoms with Crippen LogP contribution in [0.25, 0.3) is 15.7 Å². The Labute approximate surface area is 365 Å². The van der Waals surface area contributed by atoms with Crippen molar-refractivity contribution in [2.45, 2.75) is 78.1 Å². The lowest BCUT2D eigenvalue weighted by molar-refractivity contribution is -0.163. The van der Waals surface area contributed by atoms with Crippen molar-refractivity contribution in [3.05, 3.63) is 101 Å². The van der Waals surface area contributed by atoms with Gasteiger partial charge in [0.1, 0.15) is 29.5 Å². The minimum Gasteiger partial charge on any atom is -0.489 e. The fourth-order valence-electron chi connectivity index (χ4n) is 11.1. The molecule has 5 aliphatic rings. The zero-order chi connectivity index (χ0) is 44.4. The maximum Gasteiger partial charge on any atom is 0.255 e. The quantitative estimate of drug-likeness (QED) is 0.144. The third-order valence-electron chi connectivity index (χ3n) is 14.2. The fraction of sp³-hybridized carbons (Fsp3) is 0.458. The van der Waals surface area contributed by atoms with E-state index < -0.39 is 40.3 Å². The van der Waals surface area contributed by atoms with E-state index in [4.69, 9.17) is 11.3 Å². The lowest BCUT2D eigenvalue weighted by Crippen LogP contribution is -2.74. The van der Waals surface area contributed by atoms with E-state index in [1.54, 1.807) is 36.5 Å². The smallest absolute Gasteiger partial charge is 0.255 e. The number of hydrogen-bond acceptors (Lipinski definition) is 9. The average molecular weight is 859 g/mol. The number of ether oxygens (including phenoxy) is 1. The third-order valence-corrected chi connectivity index (χ3v) is 14.2. The molecule has 1 atom stereocenters. The molecule has 15 heteroatoms. The number of aromatic nitrogens is 1. The number of hydrogen-bond donors (Lipinski definition) is 2. The Morgan fingerprint density at radius 3 is 2.32 bits per heavy atom. The van der Waals surface area contributed by atoms with Crippen molar-refractivity contribution in [3.63, 3.8) is 0 Å². The molecule has 3 saturated heterocycles. The van der Waals surface area contributed by atoms with Crippen LogP contribution in [0.2, 0.25) is 0 Å². The van der Waals surface area contributed by atoms with Crippen molar-refractivity contribution in [2.24, 2.45) is 16.7 Å². The van der Waals surface area contributed by atoms with Gasteiger partial charge in [-0.05, 0) is 79.3 Å². The van der Waals surface area contributed by atoms with Gasteiger partial charge in [-0.2, -0.15) is 0 Å². The molecule has 13 nitrogen and oxygen atoms in total. The molecule has 2 N–H and O–H groups in total. The minimum absolute atomic E-state index is 0.160. The molecule has 4 amide bonds. The molecule has 5 heterocycles. The average Bonchev–Trinajstić information content (AvgIpc) is 3.58. The van der Waals surface area contributed by atoms with Gasteiger partial charge in [-0.25, -0.2) is 13.6 Å². The second kappa shape index (κ2) is 16.2. The summed E-state index contributed by atoms with van der Waals surface area (Å²) in [5, 5.41) is 6.25. The molecule has 4 aliphatic heterocycles. The predicted molar refractivity (Wildman–Crippen MR) is 234 cm³/mol. The topological polar surface area (TPSA) is 132 Å². The van der Waals surface area contributed by atoms with E-state index in [1.165, 1.54) is 17.0 Å². The van der Waals surface area contributed by atoms with Gasteiger partial charge in [0.25, 0.3) is 11.8 Å². The zero-order valence-corrected chi connectivity index (χ0v) is 36.0. The number of piperazine rings is 1. The number of nitrogens with zero attached hydrogens (tertiary/aromatic N) is 6. The SMILES string of the molecule is [C-]#[N+]c1ccc(OC2C(C)(C)C(NC(=O)c3ccc(N4CCC(CN5CCN(c6cc7c(cc6F)C(=O)N([C@H]6CCC(=O)NC6=O)C7)CC5)CC4)c(F)c3)C2(C)C)c2cccnc12. The van der Waals surface area contributed by atoms with Gasteiger partial charge in [0, 0.05) is 98.4 Å². The van der Waals surface area contributed by atoms with E-state index >= 15 is 8.78 Å². The molecule has 3 aromatic carbocycles. The standard InChI is InChI=1S/C48H52F2N8O5/c1-47(2)45(48(3,4)46(47)63-39-12-9-35(51-5)41-31(39)7-6-16-52-41)54-42(60)29-8-10-36(33(49)23-29)56-17-14-28(15-18-56)26-55-19-21-57(22-20-55)38-24-30-27-58(44(62)32(30)25-34(38)50)37-11-13-40(59)53-43(37)61/h6-10,12,16,23-25,28,37,45-46H,11,13-15,17-22,26-27H2,1-4H3,(H,54,60)(H,53,59,61)/t37-,45?,46?/m0/s1. The first-order valence-electron chi connectivity index (χ1n) is 21.9. The molecular weight excluding hydrogens is 807 g/mol. The van der Waals surface area contributed by atoms with Crippen LogP contribution in [0.15, 0.2) is 60.8 Å². The van der Waals surface area contributed by atoms with Crippen LogP contribution in [0.4, 0.5) is 25.8 Å². The molecule has 1 aliphatic carbocycles. The van der Waals surface area contributed by atoms with E-state index in [0.717, 1.165) is 37.9 Å². The van der Waals surface area contributed by atoms with Gasteiger partial charge in [-0.3, -0.25) is 34.4 Å². The van der Waals surface area contributed by atoms with Crippen molar-refractivity contribution in [3.8, 4) is 5.75 Å². The molecule has 1 aromatic heterocycles. The maximum absolute atomic E-state index is 15.8. The van der Waals surface area contributed by atoms with Gasteiger partial charge in [0.15, 0.2) is 0 Å². The van der Waals surface area contributed by atoms with Crippen molar-refractivity contribution >= 4 is 51.6 Å². The van der Waals surface area contributed by atoms with Crippen molar-refractivity contribution in [1.29, 1.82) is 0 Å². The summed E-state index contributed by atoms with van der Waals surface area (Å²) in [6, 6.07) is 14.0. The molecule has 9 rings (SSSR count). The second-order valence-electron chi connectivity index (χ2n) is 18.9. The van der Waals surface area contributed by atoms with Crippen molar-refractivity contribution in [1.82, 2.24) is 25.4 Å². The summed E-state index contributed by atoms with van der Waals surface area (Å²) in [5.41, 5.74) is 2.27. The predicted octanol–water partition coefficient (Wildman–Crippen LogP) is 6.48. The largest absolute Gasteiger partial charge is 0.489 e. The third kappa shape index (κ3) is 7.62. The Kier molecular flexibility index (Phi) is 10.8. The van der Waals surface area contributed by atoms with Crippen LogP contribution in [-0.2, 0) is 16.1 Å². The summed E-state index contributed by atoms with van der Waals surface area (Å²) in [5.74, 6) is -1.41. The van der Waals surface area contributed by atoms with Gasteiger partial charge in [-0.1, -0.05) is 33.8 Å². The second-order valence-corrected chi connectivity index (χ2v) is 18.9. The Bertz CT molecular complexity index is 2540. The first-order valence-corrected chi connectivity index (χ1v) is 21.9. The van der Waals surface area contributed by atoms with Gasteiger partial charge < -0.3 is 24.8 Å². The van der Waals surface area contributed by atoms with Gasteiger partial charge in [0.2, 0.25) is 17.5 Å². The summed E-state index contributed by atoms with van der Waals surface area (Å²) in [7, 11) is 0. The monoisotopic (exact) mass is 858 g/mol. The molecule has 63 heavy (non-hydrogen) atoms. The number of carbonyl (C=O) groups excluding carboxylic acids is 4. The highest BCUT2D eigenvalue weighted by Gasteiger charge is 2.64. The molecule has 4 fully saturated rings. The lowest BCUT2D eigenvalue weighted by Gasteiger charge is -2.63. The fourth-order valence-corrected chi connectivity index (χ4v) is 11.1. The van der Waals surface area contributed by atoms with Gasteiger partial charge in [0.05, 0.1) is 23.5 Å². The van der Waals surface area contributed by atoms with Crippen LogP contribution in [0.5, 0.6) is 5.75 Å². The number of carbonyl (C=O) groups is 4. The zero-order valence-electron chi connectivity index (χ0n) is 36.0. The summed E-state index contributed by atoms with van der Waals surface area (Å²) in [6.07, 6.45) is 3.60. The van der Waals surface area contributed by atoms with E-state index in [1.807, 2.05) is 17.0 Å². The first-order chi connectivity index (χ1) is 30.1. The van der Waals surface area contributed by atoms with Crippen LogP contribution in [0, 0.1) is 35.0 Å². The number of pyridine rings is 1. The number of fused-ring (bicyclic) bond motifs is 2. The highest BCUT2D eigenvalue weighted by Crippen LogP contribution is 2.56. The van der Waals surface area contributed by atoms with Gasteiger partial charge >= 0.3 is 0 Å². The molecule has 328 valence electrons. The molecule has 0 radical (unpaired) electrons. The van der Waals surface area contributed by atoms with E-state index in [9.17, 15) is 19.2 Å². The van der Waals surface area contributed by atoms with Crippen LogP contribution in [0.1, 0.15) is 79.7 Å². The summed E-state index contributed by atoms with van der Waals surface area (Å²) in [6.45, 7) is 21.0. The molecule has 0 bridgehead atoms. The van der Waals surface area contributed by atoms with Crippen LogP contribution >= 0.6 is 0 Å². The first kappa shape index (κ1) is 42.2. The summed E-state index contributed by atoms with van der Waals surface area (Å²) in [4.78, 5) is 66.8. The highest BCUT2D eigenvalue weighted by atomic mass is 19.1. The van der Waals surface area contributed by atoms with E-state index in [0.29, 0.717) is 66.0 Å². The molecule has 1 saturated carbocycles. The number of nitrogens with one attached hydrogen (secondary N) is 2. The number of benzene rings is 3. The number of halogens is 2. The number of amides is 4. The van der Waals surface area contributed by atoms with Crippen LogP contribution in [-0.4, -0.2) is 102 Å². The Hall–Kier alpha value is -6.14. The minimum atomic E-state index is -0.749. The van der Waals surface area contributed by atoms with Crippen molar-refractivity contribution in [2.75, 3.05) is 55.6 Å². The summed E-state index contributed by atoms with van der Waals surface area (Å²) >= 11 is 0. The highest BCUT2D eigenvalue weighted by molar-refractivity contribution is 6.05. The van der Waals surface area contributed by atoms with Crippen LogP contribution in [0.3, 0.4) is 0 Å². The van der Waals surface area contributed by atoms with Crippen molar-refractivity contribution < 1.29 is 32.7 Å². The Balaban J connectivity index is 0.755. The Morgan fingerprint density at radius 2 is 1.62 bits per heavy atom. The number of anilines is 2. The van der Waals surface area contributed by atoms with Crippen LogP contribution < -0.4 is 25.2 Å². The van der Waals surface area contributed by atoms with E-state index in [2.05, 4.69) is 58.0 Å².